The molecule has 0 amide bonds. The Morgan fingerprint density at radius 2 is 2.08 bits per heavy atom. The van der Waals surface area contributed by atoms with Crippen LogP contribution in [0.25, 0.3) is 15.7 Å². The third-order valence-corrected chi connectivity index (χ3v) is 5.82. The smallest absolute Gasteiger partial charge is 0.342 e. The van der Waals surface area contributed by atoms with Gasteiger partial charge in [0.15, 0.2) is 0 Å². The molecule has 0 saturated carbocycles. The van der Waals surface area contributed by atoms with E-state index in [9.17, 15) is 19.1 Å². The normalized spacial score (nSPS) is 15.1. The number of nitrogens with zero attached hydrogens (tertiary/aromatic N) is 2. The van der Waals surface area contributed by atoms with Gasteiger partial charge in [0.2, 0.25) is 5.43 Å². The van der Waals surface area contributed by atoms with Crippen LogP contribution in [0.2, 0.25) is 0 Å². The summed E-state index contributed by atoms with van der Waals surface area (Å²) in [7, 11) is 0. The lowest BCUT2D eigenvalue weighted by atomic mass is 10.1. The number of hydrogen-bond acceptors (Lipinski definition) is 5. The van der Waals surface area contributed by atoms with Crippen molar-refractivity contribution in [3.63, 3.8) is 0 Å². The predicted octanol–water partition coefficient (Wildman–Crippen LogP) is 2.32. The van der Waals surface area contributed by atoms with Crippen molar-refractivity contribution in [3.05, 3.63) is 44.8 Å². The highest BCUT2D eigenvalue weighted by Crippen LogP contribution is 2.30. The predicted molar refractivity (Wildman–Crippen MR) is 100 cm³/mol. The number of nitrogens with one attached hydrogen (secondary N) is 1. The second kappa shape index (κ2) is 6.37. The zero-order valence-electron chi connectivity index (χ0n) is 14.2. The minimum Gasteiger partial charge on any atom is -0.477 e. The Morgan fingerprint density at radius 1 is 1.35 bits per heavy atom. The fraction of sp³-hybridized carbons (Fsp3) is 0.333. The fourth-order valence-electron chi connectivity index (χ4n) is 3.52. The summed E-state index contributed by atoms with van der Waals surface area (Å²) >= 11 is 1.23. The number of fused-ring (bicyclic) bond motifs is 3. The first-order valence-corrected chi connectivity index (χ1v) is 9.38. The summed E-state index contributed by atoms with van der Waals surface area (Å²) in [6.07, 6.45) is 0.678. The first-order chi connectivity index (χ1) is 12.5. The molecule has 1 aromatic carbocycles. The van der Waals surface area contributed by atoms with Crippen LogP contribution in [0.3, 0.4) is 0 Å². The number of halogens is 1. The Balaban J connectivity index is 2.10. The number of carboxylic acid groups (broad SMARTS) is 1. The molecular formula is C18H18FN3O3S. The molecule has 8 heteroatoms. The zero-order valence-corrected chi connectivity index (χ0v) is 15.0. The molecule has 0 unspecified atom stereocenters. The number of aryl methyl sites for hydroxylation is 1. The van der Waals surface area contributed by atoms with Crippen molar-refractivity contribution in [1.82, 2.24) is 9.72 Å². The lowest BCUT2D eigenvalue weighted by molar-refractivity contribution is 0.0697. The van der Waals surface area contributed by atoms with Crippen LogP contribution in [0.1, 0.15) is 23.0 Å². The molecule has 2 aromatic heterocycles. The van der Waals surface area contributed by atoms with E-state index in [0.29, 0.717) is 35.5 Å². The number of piperazine rings is 1. The van der Waals surface area contributed by atoms with Gasteiger partial charge in [0.25, 0.3) is 0 Å². The van der Waals surface area contributed by atoms with Gasteiger partial charge >= 0.3 is 5.97 Å². The highest BCUT2D eigenvalue weighted by atomic mass is 32.1. The van der Waals surface area contributed by atoms with Gasteiger partial charge in [0.1, 0.15) is 16.2 Å². The van der Waals surface area contributed by atoms with Crippen LogP contribution in [-0.4, -0.2) is 41.7 Å². The van der Waals surface area contributed by atoms with Crippen LogP contribution < -0.4 is 15.6 Å². The van der Waals surface area contributed by atoms with Crippen LogP contribution in [0, 0.1) is 5.82 Å². The molecule has 0 atom stereocenters. The third-order valence-electron chi connectivity index (χ3n) is 4.82. The molecule has 1 fully saturated rings. The van der Waals surface area contributed by atoms with Crippen LogP contribution in [0.5, 0.6) is 0 Å². The maximum Gasteiger partial charge on any atom is 0.342 e. The van der Waals surface area contributed by atoms with E-state index in [1.807, 2.05) is 17.2 Å². The van der Waals surface area contributed by atoms with E-state index in [2.05, 4.69) is 5.32 Å². The van der Waals surface area contributed by atoms with E-state index >= 15 is 0 Å². The monoisotopic (exact) mass is 375 g/mol. The van der Waals surface area contributed by atoms with Gasteiger partial charge in [-0.2, -0.15) is 0 Å². The fourth-order valence-corrected chi connectivity index (χ4v) is 4.66. The van der Waals surface area contributed by atoms with E-state index < -0.39 is 17.2 Å². The summed E-state index contributed by atoms with van der Waals surface area (Å²) in [6.45, 7) is 4.86. The van der Waals surface area contributed by atoms with Gasteiger partial charge in [-0.15, -0.1) is 11.3 Å². The standard InChI is InChI=1S/C18H18FN3O3S/c1-2-10-9-26-17-15(18(24)25)16(23)11-7-12(19)14(8-13(11)22(10)17)21-5-3-20-4-6-21/h7-9,20H,2-6H2,1H3,(H,24,25). The molecule has 3 heterocycles. The first kappa shape index (κ1) is 17.0. The Hall–Kier alpha value is -2.45. The lowest BCUT2D eigenvalue weighted by Crippen LogP contribution is -2.43. The number of hydrogen-bond donors (Lipinski definition) is 2. The maximum atomic E-state index is 14.8. The molecule has 1 saturated heterocycles. The summed E-state index contributed by atoms with van der Waals surface area (Å²) < 4.78 is 16.6. The summed E-state index contributed by atoms with van der Waals surface area (Å²) in [6, 6.07) is 2.87. The number of rotatable bonds is 3. The Labute approximate surface area is 152 Å². The third kappa shape index (κ3) is 2.48. The van der Waals surface area contributed by atoms with E-state index in [4.69, 9.17) is 0 Å². The number of pyridine rings is 1. The van der Waals surface area contributed by atoms with E-state index in [1.54, 1.807) is 10.5 Å². The second-order valence-corrected chi connectivity index (χ2v) is 7.15. The maximum absolute atomic E-state index is 14.8. The van der Waals surface area contributed by atoms with E-state index in [-0.39, 0.29) is 10.9 Å². The topological polar surface area (TPSA) is 74.0 Å². The van der Waals surface area contributed by atoms with Gasteiger partial charge in [-0.3, -0.25) is 4.79 Å². The Morgan fingerprint density at radius 3 is 2.73 bits per heavy atom. The van der Waals surface area contributed by atoms with Gasteiger partial charge in [-0.1, -0.05) is 6.92 Å². The molecule has 3 aromatic rings. The Bertz CT molecular complexity index is 1080. The van der Waals surface area contributed by atoms with Crippen LogP contribution >= 0.6 is 11.3 Å². The lowest BCUT2D eigenvalue weighted by Gasteiger charge is -2.30. The van der Waals surface area contributed by atoms with Gasteiger partial charge in [0, 0.05) is 37.3 Å². The SMILES string of the molecule is CCc1csc2c(C(=O)O)c(=O)c3cc(F)c(N4CCNCC4)cc3n12. The molecule has 26 heavy (non-hydrogen) atoms. The van der Waals surface area contributed by atoms with Crippen molar-refractivity contribution >= 4 is 38.7 Å². The molecule has 6 nitrogen and oxygen atoms in total. The van der Waals surface area contributed by atoms with E-state index in [1.165, 1.54) is 17.4 Å². The van der Waals surface area contributed by atoms with E-state index in [0.717, 1.165) is 18.8 Å². The number of anilines is 1. The first-order valence-electron chi connectivity index (χ1n) is 8.50. The average Bonchev–Trinajstić information content (AvgIpc) is 3.05. The number of carboxylic acids is 1. The molecule has 1 aliphatic heterocycles. The van der Waals surface area contributed by atoms with Gasteiger partial charge < -0.3 is 19.7 Å². The summed E-state index contributed by atoms with van der Waals surface area (Å²) in [4.78, 5) is 26.7. The minimum atomic E-state index is -1.29. The number of thiazole rings is 1. The summed E-state index contributed by atoms with van der Waals surface area (Å²) in [5, 5.41) is 14.7. The van der Waals surface area contributed by atoms with Crippen LogP contribution in [0.15, 0.2) is 22.3 Å². The van der Waals surface area contributed by atoms with Crippen molar-refractivity contribution in [2.75, 3.05) is 31.1 Å². The second-order valence-electron chi connectivity index (χ2n) is 6.29. The molecule has 0 radical (unpaired) electrons. The van der Waals surface area contributed by atoms with Crippen molar-refractivity contribution < 1.29 is 14.3 Å². The molecule has 2 N–H and O–H groups in total. The van der Waals surface area contributed by atoms with Gasteiger partial charge in [-0.05, 0) is 18.6 Å². The largest absolute Gasteiger partial charge is 0.477 e. The zero-order chi connectivity index (χ0) is 18.4. The number of carbonyl (C=O) groups is 1. The van der Waals surface area contributed by atoms with Crippen molar-refractivity contribution in [2.24, 2.45) is 0 Å². The Kier molecular flexibility index (Phi) is 4.16. The number of aromatic carboxylic acids is 1. The average molecular weight is 375 g/mol. The van der Waals surface area contributed by atoms with Crippen molar-refractivity contribution in [2.45, 2.75) is 13.3 Å². The highest BCUT2D eigenvalue weighted by molar-refractivity contribution is 7.16. The van der Waals surface area contributed by atoms with Crippen LogP contribution in [-0.2, 0) is 6.42 Å². The molecule has 0 spiro atoms. The van der Waals surface area contributed by atoms with Crippen molar-refractivity contribution in [3.8, 4) is 0 Å². The number of benzene rings is 1. The molecule has 4 rings (SSSR count). The van der Waals surface area contributed by atoms with Crippen molar-refractivity contribution in [1.29, 1.82) is 0 Å². The minimum absolute atomic E-state index is 0.101. The quantitative estimate of drug-likeness (QED) is 0.735. The van der Waals surface area contributed by atoms with Gasteiger partial charge in [-0.25, -0.2) is 9.18 Å². The highest BCUT2D eigenvalue weighted by Gasteiger charge is 2.23. The molecule has 1 aliphatic rings. The summed E-state index contributed by atoms with van der Waals surface area (Å²) in [5.41, 5.74) is 0.973. The number of aromatic nitrogens is 1. The molecule has 136 valence electrons. The molecular weight excluding hydrogens is 357 g/mol. The summed E-state index contributed by atoms with van der Waals surface area (Å²) in [5.74, 6) is -1.79. The van der Waals surface area contributed by atoms with Gasteiger partial charge in [0.05, 0.1) is 16.6 Å². The molecule has 0 aliphatic carbocycles. The van der Waals surface area contributed by atoms with Crippen LogP contribution in [0.4, 0.5) is 10.1 Å². The molecule has 0 bridgehead atoms.